The molecule has 0 saturated carbocycles. The fourth-order valence-corrected chi connectivity index (χ4v) is 4.50. The van der Waals surface area contributed by atoms with Crippen molar-refractivity contribution in [2.45, 2.75) is 36.4 Å². The number of hydrogen-bond acceptors (Lipinski definition) is 7. The maximum absolute atomic E-state index is 12.4. The largest absolute Gasteiger partial charge is 0.497 e. The Labute approximate surface area is 162 Å². The molecule has 0 atom stereocenters. The molecule has 2 heterocycles. The number of carbonyl (C=O) groups excluding carboxylic acids is 1. The maximum Gasteiger partial charge on any atom is 0.233 e. The van der Waals surface area contributed by atoms with Crippen molar-refractivity contribution in [1.29, 1.82) is 0 Å². The maximum atomic E-state index is 12.4. The molecule has 1 N–H and O–H groups in total. The van der Waals surface area contributed by atoms with Gasteiger partial charge in [0.25, 0.3) is 0 Å². The Balaban J connectivity index is 1.48. The monoisotopic (exact) mass is 392 g/mol. The van der Waals surface area contributed by atoms with E-state index in [4.69, 9.17) is 4.74 Å². The van der Waals surface area contributed by atoms with Crippen molar-refractivity contribution in [2.24, 2.45) is 0 Å². The van der Waals surface area contributed by atoms with Crippen molar-refractivity contribution >= 4 is 39.8 Å². The fraction of sp³-hybridized carbons (Fsp3) is 0.500. The van der Waals surface area contributed by atoms with E-state index in [2.05, 4.69) is 15.5 Å². The fourth-order valence-electron chi connectivity index (χ4n) is 2.83. The lowest BCUT2D eigenvalue weighted by Crippen LogP contribution is -2.35. The highest BCUT2D eigenvalue weighted by atomic mass is 32.2. The van der Waals surface area contributed by atoms with E-state index < -0.39 is 0 Å². The van der Waals surface area contributed by atoms with Crippen LogP contribution in [0.3, 0.4) is 0 Å². The number of nitrogens with one attached hydrogen (secondary N) is 1. The molecule has 0 aliphatic carbocycles. The van der Waals surface area contributed by atoms with E-state index in [-0.39, 0.29) is 5.91 Å². The summed E-state index contributed by atoms with van der Waals surface area (Å²) in [6.07, 6.45) is 5.99. The first-order valence-electron chi connectivity index (χ1n) is 8.90. The van der Waals surface area contributed by atoms with Crippen LogP contribution in [-0.4, -0.2) is 47.0 Å². The summed E-state index contributed by atoms with van der Waals surface area (Å²) in [7, 11) is 1.64. The van der Waals surface area contributed by atoms with Crippen LogP contribution in [0, 0.1) is 0 Å². The van der Waals surface area contributed by atoms with Gasteiger partial charge in [-0.05, 0) is 37.1 Å². The van der Waals surface area contributed by atoms with Crippen LogP contribution in [0.25, 0.3) is 0 Å². The molecule has 6 nitrogen and oxygen atoms in total. The molecule has 1 fully saturated rings. The molecular weight excluding hydrogens is 368 g/mol. The molecule has 2 aromatic rings. The lowest BCUT2D eigenvalue weighted by Gasteiger charge is -2.24. The van der Waals surface area contributed by atoms with Gasteiger partial charge in [-0.3, -0.25) is 4.79 Å². The molecule has 0 unspecified atom stereocenters. The van der Waals surface area contributed by atoms with Gasteiger partial charge in [-0.1, -0.05) is 42.4 Å². The summed E-state index contributed by atoms with van der Waals surface area (Å²) in [4.78, 5) is 14.4. The van der Waals surface area contributed by atoms with Crippen molar-refractivity contribution in [2.75, 3.05) is 31.3 Å². The summed E-state index contributed by atoms with van der Waals surface area (Å²) < 4.78 is 5.96. The summed E-state index contributed by atoms with van der Waals surface area (Å²) in [5, 5.41) is 12.3. The highest BCUT2D eigenvalue weighted by molar-refractivity contribution is 8.01. The van der Waals surface area contributed by atoms with E-state index in [1.807, 2.05) is 29.2 Å². The number of hydrogen-bond donors (Lipinski definition) is 1. The summed E-state index contributed by atoms with van der Waals surface area (Å²) in [5.74, 6) is 1.44. The number of thioether (sulfide) groups is 1. The molecular formula is C18H24N4O2S2. The minimum Gasteiger partial charge on any atom is -0.497 e. The number of anilines is 2. The van der Waals surface area contributed by atoms with Crippen LogP contribution in [0.5, 0.6) is 5.75 Å². The van der Waals surface area contributed by atoms with Crippen molar-refractivity contribution in [1.82, 2.24) is 15.1 Å². The van der Waals surface area contributed by atoms with Crippen LogP contribution in [0.15, 0.2) is 28.6 Å². The van der Waals surface area contributed by atoms with E-state index in [0.29, 0.717) is 5.75 Å². The first-order chi connectivity index (χ1) is 12.7. The van der Waals surface area contributed by atoms with Crippen molar-refractivity contribution in [3.63, 3.8) is 0 Å². The predicted molar refractivity (Wildman–Crippen MR) is 107 cm³/mol. The van der Waals surface area contributed by atoms with Crippen molar-refractivity contribution < 1.29 is 9.53 Å². The Bertz CT molecular complexity index is 697. The molecule has 1 aromatic heterocycles. The van der Waals surface area contributed by atoms with Crippen LogP contribution in [-0.2, 0) is 4.79 Å². The second kappa shape index (κ2) is 9.78. The lowest BCUT2D eigenvalue weighted by atomic mass is 10.1. The molecule has 26 heavy (non-hydrogen) atoms. The smallest absolute Gasteiger partial charge is 0.233 e. The van der Waals surface area contributed by atoms with Gasteiger partial charge in [0.15, 0.2) is 4.34 Å². The normalized spacial score (nSPS) is 15.2. The van der Waals surface area contributed by atoms with Gasteiger partial charge in [0.05, 0.1) is 12.9 Å². The second-order valence-electron chi connectivity index (χ2n) is 6.16. The number of ether oxygens (including phenoxy) is 1. The number of rotatable bonds is 6. The summed E-state index contributed by atoms with van der Waals surface area (Å²) >= 11 is 2.93. The zero-order valence-corrected chi connectivity index (χ0v) is 16.6. The number of methoxy groups -OCH3 is 1. The Morgan fingerprint density at radius 2 is 1.85 bits per heavy atom. The molecule has 3 rings (SSSR count). The van der Waals surface area contributed by atoms with Gasteiger partial charge < -0.3 is 15.0 Å². The zero-order chi connectivity index (χ0) is 18.2. The Morgan fingerprint density at radius 3 is 2.54 bits per heavy atom. The van der Waals surface area contributed by atoms with Crippen LogP contribution in [0.1, 0.15) is 32.1 Å². The summed E-state index contributed by atoms with van der Waals surface area (Å²) in [6.45, 7) is 1.78. The first kappa shape index (κ1) is 19.0. The molecule has 1 aliphatic rings. The predicted octanol–water partition coefficient (Wildman–Crippen LogP) is 4.18. The van der Waals surface area contributed by atoms with Crippen LogP contribution in [0.4, 0.5) is 10.8 Å². The van der Waals surface area contributed by atoms with Crippen molar-refractivity contribution in [3.8, 4) is 5.75 Å². The van der Waals surface area contributed by atoms with E-state index in [1.54, 1.807) is 7.11 Å². The standard InChI is InChI=1S/C18H24N4O2S2/c1-24-15-9-7-14(8-10-15)19-17-20-21-18(26-17)25-13-16(23)22-11-5-3-2-4-6-12-22/h7-10H,2-6,11-13H2,1H3,(H,19,20). The lowest BCUT2D eigenvalue weighted by molar-refractivity contribution is -0.128. The minimum absolute atomic E-state index is 0.205. The van der Waals surface area contributed by atoms with Gasteiger partial charge in [-0.15, -0.1) is 10.2 Å². The molecule has 0 spiro atoms. The van der Waals surface area contributed by atoms with Gasteiger partial charge in [-0.25, -0.2) is 0 Å². The quantitative estimate of drug-likeness (QED) is 0.744. The number of amides is 1. The minimum atomic E-state index is 0.205. The topological polar surface area (TPSA) is 67.3 Å². The highest BCUT2D eigenvalue weighted by Crippen LogP contribution is 2.28. The molecule has 0 bridgehead atoms. The van der Waals surface area contributed by atoms with E-state index in [0.717, 1.165) is 46.8 Å². The second-order valence-corrected chi connectivity index (χ2v) is 8.36. The van der Waals surface area contributed by atoms with Crippen LogP contribution >= 0.6 is 23.1 Å². The average Bonchev–Trinajstić information content (AvgIpc) is 3.07. The molecule has 140 valence electrons. The highest BCUT2D eigenvalue weighted by Gasteiger charge is 2.16. The molecule has 0 radical (unpaired) electrons. The third kappa shape index (κ3) is 5.60. The molecule has 8 heteroatoms. The Hall–Kier alpha value is -1.80. The number of benzene rings is 1. The molecule has 1 saturated heterocycles. The van der Waals surface area contributed by atoms with Crippen LogP contribution < -0.4 is 10.1 Å². The third-order valence-corrected chi connectivity index (χ3v) is 6.23. The SMILES string of the molecule is COc1ccc(Nc2nnc(SCC(=O)N3CCCCCCC3)s2)cc1. The number of aromatic nitrogens is 2. The van der Waals surface area contributed by atoms with E-state index in [9.17, 15) is 4.79 Å². The molecule has 1 aliphatic heterocycles. The van der Waals surface area contributed by atoms with Gasteiger partial charge in [-0.2, -0.15) is 0 Å². The molecule has 1 aromatic carbocycles. The summed E-state index contributed by atoms with van der Waals surface area (Å²) in [6, 6.07) is 7.64. The third-order valence-electron chi connectivity index (χ3n) is 4.28. The summed E-state index contributed by atoms with van der Waals surface area (Å²) in [5.41, 5.74) is 0.926. The Morgan fingerprint density at radius 1 is 1.15 bits per heavy atom. The van der Waals surface area contributed by atoms with Gasteiger partial charge in [0.2, 0.25) is 11.0 Å². The number of likely N-dealkylation sites (tertiary alicyclic amines) is 1. The van der Waals surface area contributed by atoms with Gasteiger partial charge >= 0.3 is 0 Å². The van der Waals surface area contributed by atoms with Crippen LogP contribution in [0.2, 0.25) is 0 Å². The first-order valence-corrected chi connectivity index (χ1v) is 10.7. The van der Waals surface area contributed by atoms with Gasteiger partial charge in [0, 0.05) is 18.8 Å². The number of nitrogens with zero attached hydrogens (tertiary/aromatic N) is 3. The van der Waals surface area contributed by atoms with Crippen molar-refractivity contribution in [3.05, 3.63) is 24.3 Å². The van der Waals surface area contributed by atoms with Gasteiger partial charge in [0.1, 0.15) is 5.75 Å². The Kier molecular flexibility index (Phi) is 7.13. The van der Waals surface area contributed by atoms with E-state index >= 15 is 0 Å². The zero-order valence-electron chi connectivity index (χ0n) is 14.9. The van der Waals surface area contributed by atoms with E-state index in [1.165, 1.54) is 42.4 Å². The molecule has 1 amide bonds. The number of carbonyl (C=O) groups is 1. The average molecular weight is 393 g/mol.